The molecule has 7 nitrogen and oxygen atoms in total. The van der Waals surface area contributed by atoms with Gasteiger partial charge in [0.05, 0.1) is 17.9 Å². The van der Waals surface area contributed by atoms with Crippen molar-refractivity contribution in [2.45, 2.75) is 62.4 Å². The molecule has 0 aliphatic heterocycles. The Hall–Kier alpha value is -2.19. The van der Waals surface area contributed by atoms with Crippen molar-refractivity contribution in [3.63, 3.8) is 0 Å². The molecule has 0 spiro atoms. The Kier molecular flexibility index (Phi) is 7.37. The molecule has 1 N–H and O–H groups in total. The lowest BCUT2D eigenvalue weighted by molar-refractivity contribution is -0.156. The summed E-state index contributed by atoms with van der Waals surface area (Å²) in [7, 11) is -4.23. The molecule has 0 heterocycles. The Bertz CT molecular complexity index is 819. The number of carbonyl (C=O) groups excluding carboxylic acids is 2. The van der Waals surface area contributed by atoms with Crippen LogP contribution in [0.3, 0.4) is 0 Å². The van der Waals surface area contributed by atoms with Crippen molar-refractivity contribution in [1.82, 2.24) is 0 Å². The maximum Gasteiger partial charge on any atom is 0.334 e. The summed E-state index contributed by atoms with van der Waals surface area (Å²) in [6, 6.07) is 5.60. The van der Waals surface area contributed by atoms with Gasteiger partial charge in [0.15, 0.2) is 0 Å². The first-order valence-electron chi connectivity index (χ1n) is 9.28. The zero-order valence-corrected chi connectivity index (χ0v) is 16.8. The van der Waals surface area contributed by atoms with Crippen molar-refractivity contribution in [3.8, 4) is 0 Å². The summed E-state index contributed by atoms with van der Waals surface area (Å²) in [5, 5.41) is 0. The summed E-state index contributed by atoms with van der Waals surface area (Å²) in [6.07, 6.45) is 4.61. The topological polar surface area (TPSA) is 107 Å². The highest BCUT2D eigenvalue weighted by atomic mass is 32.2. The molecule has 28 heavy (non-hydrogen) atoms. The standard InChI is InChI=1S/C20H26O7S/c1-3-20(11-4-5-12-20)27-19(22)15(2)14-18(21)26-13-10-16-6-8-17(9-7-16)28(23,24)25/h6-9H,2-5,10-14H2,1H3,(H,23,24,25). The van der Waals surface area contributed by atoms with E-state index >= 15 is 0 Å². The van der Waals surface area contributed by atoms with Gasteiger partial charge >= 0.3 is 11.9 Å². The minimum absolute atomic E-state index is 0.0715. The highest BCUT2D eigenvalue weighted by Crippen LogP contribution is 2.36. The Morgan fingerprint density at radius 3 is 2.32 bits per heavy atom. The van der Waals surface area contributed by atoms with Crippen molar-refractivity contribution in [3.05, 3.63) is 42.0 Å². The van der Waals surface area contributed by atoms with E-state index in [1.807, 2.05) is 6.92 Å². The Labute approximate surface area is 165 Å². The normalized spacial score (nSPS) is 15.8. The van der Waals surface area contributed by atoms with Crippen molar-refractivity contribution in [1.29, 1.82) is 0 Å². The number of carbonyl (C=O) groups is 2. The van der Waals surface area contributed by atoms with Gasteiger partial charge in [-0.1, -0.05) is 25.6 Å². The zero-order chi connectivity index (χ0) is 20.8. The first kappa shape index (κ1) is 22.1. The third-order valence-electron chi connectivity index (χ3n) is 4.99. The molecule has 1 fully saturated rings. The number of benzene rings is 1. The lowest BCUT2D eigenvalue weighted by Crippen LogP contribution is -2.32. The second kappa shape index (κ2) is 9.34. The average Bonchev–Trinajstić information content (AvgIpc) is 3.10. The molecule has 0 radical (unpaired) electrons. The molecular weight excluding hydrogens is 384 g/mol. The summed E-state index contributed by atoms with van der Waals surface area (Å²) >= 11 is 0. The maximum absolute atomic E-state index is 12.2. The molecule has 1 aliphatic carbocycles. The minimum atomic E-state index is -4.23. The van der Waals surface area contributed by atoms with Crippen molar-refractivity contribution < 1.29 is 32.0 Å². The molecule has 8 heteroatoms. The van der Waals surface area contributed by atoms with E-state index in [2.05, 4.69) is 6.58 Å². The van der Waals surface area contributed by atoms with Gasteiger partial charge in [-0.05, 0) is 49.8 Å². The summed E-state index contributed by atoms with van der Waals surface area (Å²) in [5.41, 5.74) is 0.379. The van der Waals surface area contributed by atoms with Crippen LogP contribution in [0.25, 0.3) is 0 Å². The van der Waals surface area contributed by atoms with Crippen LogP contribution in [0.4, 0.5) is 0 Å². The lowest BCUT2D eigenvalue weighted by Gasteiger charge is -2.27. The van der Waals surface area contributed by atoms with Crippen LogP contribution in [-0.4, -0.2) is 37.1 Å². The van der Waals surface area contributed by atoms with Crippen LogP contribution in [0.15, 0.2) is 41.3 Å². The SMILES string of the molecule is C=C(CC(=O)OCCc1ccc(S(=O)(=O)O)cc1)C(=O)OC1(CC)CCCC1. The van der Waals surface area contributed by atoms with Crippen LogP contribution in [0.1, 0.15) is 51.0 Å². The van der Waals surface area contributed by atoms with Crippen LogP contribution in [0.5, 0.6) is 0 Å². The van der Waals surface area contributed by atoms with Crippen LogP contribution >= 0.6 is 0 Å². The molecule has 1 aliphatic rings. The fourth-order valence-corrected chi connectivity index (χ4v) is 3.70. The Morgan fingerprint density at radius 2 is 1.79 bits per heavy atom. The monoisotopic (exact) mass is 410 g/mol. The molecule has 0 atom stereocenters. The van der Waals surface area contributed by atoms with Crippen molar-refractivity contribution in [2.24, 2.45) is 0 Å². The van der Waals surface area contributed by atoms with Crippen LogP contribution in [0.2, 0.25) is 0 Å². The number of hydrogen-bond acceptors (Lipinski definition) is 6. The van der Waals surface area contributed by atoms with Crippen LogP contribution in [-0.2, 0) is 35.6 Å². The lowest BCUT2D eigenvalue weighted by atomic mass is 9.98. The number of ether oxygens (including phenoxy) is 2. The maximum atomic E-state index is 12.2. The smallest absolute Gasteiger partial charge is 0.334 e. The molecule has 154 valence electrons. The highest BCUT2D eigenvalue weighted by Gasteiger charge is 2.36. The van der Waals surface area contributed by atoms with Crippen LogP contribution in [0, 0.1) is 0 Å². The fraction of sp³-hybridized carbons (Fsp3) is 0.500. The first-order chi connectivity index (χ1) is 13.1. The Balaban J connectivity index is 1.76. The second-order valence-corrected chi connectivity index (χ2v) is 8.42. The summed E-state index contributed by atoms with van der Waals surface area (Å²) < 4.78 is 41.6. The number of hydrogen-bond donors (Lipinski definition) is 1. The summed E-state index contributed by atoms with van der Waals surface area (Å²) in [5.74, 6) is -1.13. The van der Waals surface area contributed by atoms with Gasteiger partial charge in [-0.2, -0.15) is 8.42 Å². The van der Waals surface area contributed by atoms with Gasteiger partial charge in [-0.3, -0.25) is 9.35 Å². The minimum Gasteiger partial charge on any atom is -0.465 e. The highest BCUT2D eigenvalue weighted by molar-refractivity contribution is 7.85. The average molecular weight is 410 g/mol. The first-order valence-corrected chi connectivity index (χ1v) is 10.7. The zero-order valence-electron chi connectivity index (χ0n) is 16.0. The van der Waals surface area contributed by atoms with Gasteiger partial charge in [0.1, 0.15) is 5.60 Å². The van der Waals surface area contributed by atoms with E-state index in [0.29, 0.717) is 6.42 Å². The van der Waals surface area contributed by atoms with Gasteiger partial charge in [0.2, 0.25) is 0 Å². The van der Waals surface area contributed by atoms with E-state index < -0.39 is 27.7 Å². The predicted molar refractivity (Wildman–Crippen MR) is 102 cm³/mol. The molecule has 2 rings (SSSR count). The quantitative estimate of drug-likeness (QED) is 0.378. The molecule has 0 amide bonds. The third kappa shape index (κ3) is 6.17. The van der Waals surface area contributed by atoms with E-state index in [1.54, 1.807) is 0 Å². The molecule has 1 aromatic rings. The Morgan fingerprint density at radius 1 is 1.18 bits per heavy atom. The third-order valence-corrected chi connectivity index (χ3v) is 5.86. The van der Waals surface area contributed by atoms with E-state index in [9.17, 15) is 18.0 Å². The molecule has 0 bridgehead atoms. The molecule has 1 saturated carbocycles. The number of esters is 2. The van der Waals surface area contributed by atoms with Crippen molar-refractivity contribution >= 4 is 22.1 Å². The van der Waals surface area contributed by atoms with Gasteiger partial charge in [0.25, 0.3) is 10.1 Å². The second-order valence-electron chi connectivity index (χ2n) is 7.00. The van der Waals surface area contributed by atoms with E-state index in [-0.39, 0.29) is 23.5 Å². The molecule has 1 aromatic carbocycles. The summed E-state index contributed by atoms with van der Waals surface area (Å²) in [4.78, 5) is 23.9. The fourth-order valence-electron chi connectivity index (χ4n) is 3.22. The largest absolute Gasteiger partial charge is 0.465 e. The van der Waals surface area contributed by atoms with Crippen molar-refractivity contribution in [2.75, 3.05) is 6.61 Å². The predicted octanol–water partition coefficient (Wildman–Crippen LogP) is 3.23. The van der Waals surface area contributed by atoms with Gasteiger partial charge in [0, 0.05) is 12.0 Å². The molecule has 0 aromatic heterocycles. The molecule has 0 unspecified atom stereocenters. The molecule has 0 saturated heterocycles. The van der Waals surface area contributed by atoms with Gasteiger partial charge in [-0.15, -0.1) is 0 Å². The van der Waals surface area contributed by atoms with Gasteiger partial charge < -0.3 is 9.47 Å². The molecular formula is C20H26O7S. The van der Waals surface area contributed by atoms with Gasteiger partial charge in [-0.25, -0.2) is 4.79 Å². The number of rotatable bonds is 9. The van der Waals surface area contributed by atoms with E-state index in [4.69, 9.17) is 14.0 Å². The summed E-state index contributed by atoms with van der Waals surface area (Å²) in [6.45, 7) is 5.70. The van der Waals surface area contributed by atoms with Crippen LogP contribution < -0.4 is 0 Å². The van der Waals surface area contributed by atoms with E-state index in [0.717, 1.165) is 37.7 Å². The van der Waals surface area contributed by atoms with E-state index in [1.165, 1.54) is 24.3 Å².